The van der Waals surface area contributed by atoms with Gasteiger partial charge in [0.1, 0.15) is 0 Å². The Labute approximate surface area is 172 Å². The lowest BCUT2D eigenvalue weighted by atomic mass is 10.1. The number of rotatable bonds is 7. The normalized spacial score (nSPS) is 11.3. The average molecular weight is 406 g/mol. The second kappa shape index (κ2) is 8.40. The molecule has 30 heavy (non-hydrogen) atoms. The number of benzene rings is 1. The predicted octanol–water partition coefficient (Wildman–Crippen LogP) is 2.24. The molecule has 0 spiro atoms. The second-order valence-corrected chi connectivity index (χ2v) is 7.17. The Morgan fingerprint density at radius 2 is 1.77 bits per heavy atom. The van der Waals surface area contributed by atoms with Gasteiger partial charge in [-0.25, -0.2) is 19.7 Å². The molecule has 0 unspecified atom stereocenters. The molecular formula is C21H22N6O3. The molecule has 0 saturated carbocycles. The Morgan fingerprint density at radius 3 is 2.57 bits per heavy atom. The number of unbranched alkanes of at least 4 members (excludes halogenated alkanes) is 2. The fraction of sp³-hybridized carbons (Fsp3) is 0.333. The summed E-state index contributed by atoms with van der Waals surface area (Å²) in [5.41, 5.74) is 2.76. The summed E-state index contributed by atoms with van der Waals surface area (Å²) in [4.78, 5) is 42.9. The smallest absolute Gasteiger partial charge is 0.349 e. The van der Waals surface area contributed by atoms with E-state index >= 15 is 0 Å². The third kappa shape index (κ3) is 4.05. The Hall–Kier alpha value is -3.62. The minimum absolute atomic E-state index is 0.176. The van der Waals surface area contributed by atoms with Crippen LogP contribution in [0.4, 0.5) is 0 Å². The fourth-order valence-electron chi connectivity index (χ4n) is 3.35. The van der Waals surface area contributed by atoms with Gasteiger partial charge in [0.25, 0.3) is 5.56 Å². The average Bonchev–Trinajstić information content (AvgIpc) is 2.72. The maximum atomic E-state index is 12.3. The van der Waals surface area contributed by atoms with Crippen LogP contribution in [0.1, 0.15) is 30.4 Å². The van der Waals surface area contributed by atoms with Crippen molar-refractivity contribution in [3.63, 3.8) is 0 Å². The first-order valence-corrected chi connectivity index (χ1v) is 9.84. The molecule has 9 heteroatoms. The molecule has 1 N–H and O–H groups in total. The molecule has 0 amide bonds. The predicted molar refractivity (Wildman–Crippen MR) is 112 cm³/mol. The third-order valence-corrected chi connectivity index (χ3v) is 5.02. The Balaban J connectivity index is 1.56. The summed E-state index contributed by atoms with van der Waals surface area (Å²) < 4.78 is 7.44. The zero-order valence-corrected chi connectivity index (χ0v) is 16.9. The zero-order valence-electron chi connectivity index (χ0n) is 16.9. The fourth-order valence-corrected chi connectivity index (χ4v) is 3.35. The number of H-pyrrole nitrogens is 1. The molecule has 0 fully saturated rings. The van der Waals surface area contributed by atoms with Crippen molar-refractivity contribution in [1.29, 1.82) is 0 Å². The molecule has 0 radical (unpaired) electrons. The first kappa shape index (κ1) is 19.7. The van der Waals surface area contributed by atoms with E-state index in [1.54, 1.807) is 18.5 Å². The van der Waals surface area contributed by atoms with Crippen LogP contribution in [0.15, 0.2) is 40.2 Å². The molecule has 2 aliphatic rings. The number of aromatic nitrogens is 6. The standard InChI is InChI=1S/C21H22N6O3/c1-13-11-15-16(12-14(13)2)27(18-17(24-15)19(28)26-20(29)25-18)9-4-3-5-10-30-21-22-7-6-8-23-21/h6-8,11-12H,3-5,9-10H2,1-2H3,(H,26,28,29). The van der Waals surface area contributed by atoms with Crippen molar-refractivity contribution in [2.75, 3.05) is 6.61 Å². The minimum atomic E-state index is -0.664. The van der Waals surface area contributed by atoms with Gasteiger partial charge in [-0.15, -0.1) is 0 Å². The summed E-state index contributed by atoms with van der Waals surface area (Å²) in [6, 6.07) is 6.10. The lowest BCUT2D eigenvalue weighted by Gasteiger charge is -2.17. The summed E-state index contributed by atoms with van der Waals surface area (Å²) in [6.45, 7) is 5.16. The molecular weight excluding hydrogens is 384 g/mol. The van der Waals surface area contributed by atoms with Crippen LogP contribution < -0.4 is 16.0 Å². The van der Waals surface area contributed by atoms with Gasteiger partial charge in [0.2, 0.25) is 0 Å². The van der Waals surface area contributed by atoms with Crippen molar-refractivity contribution in [3.05, 3.63) is 62.6 Å². The van der Waals surface area contributed by atoms with Gasteiger partial charge in [0.05, 0.1) is 17.6 Å². The molecule has 1 aromatic carbocycles. The van der Waals surface area contributed by atoms with Gasteiger partial charge >= 0.3 is 11.7 Å². The summed E-state index contributed by atoms with van der Waals surface area (Å²) >= 11 is 0. The highest BCUT2D eigenvalue weighted by Gasteiger charge is 2.18. The Morgan fingerprint density at radius 1 is 1.00 bits per heavy atom. The van der Waals surface area contributed by atoms with E-state index in [1.165, 1.54) is 0 Å². The molecule has 9 nitrogen and oxygen atoms in total. The van der Waals surface area contributed by atoms with E-state index in [0.29, 0.717) is 30.5 Å². The van der Waals surface area contributed by atoms with Crippen molar-refractivity contribution in [2.24, 2.45) is 0 Å². The van der Waals surface area contributed by atoms with Crippen molar-refractivity contribution >= 4 is 11.0 Å². The maximum absolute atomic E-state index is 12.3. The topological polar surface area (TPSA) is 116 Å². The van der Waals surface area contributed by atoms with Crippen LogP contribution in [0, 0.1) is 13.8 Å². The van der Waals surface area contributed by atoms with Gasteiger partial charge in [0, 0.05) is 18.9 Å². The van der Waals surface area contributed by atoms with Crippen LogP contribution in [-0.2, 0) is 6.54 Å². The number of nitrogens with one attached hydrogen (secondary N) is 1. The van der Waals surface area contributed by atoms with Crippen LogP contribution in [-0.4, -0.2) is 36.1 Å². The summed E-state index contributed by atoms with van der Waals surface area (Å²) in [5.74, 6) is 0.313. The quantitative estimate of drug-likeness (QED) is 0.370. The van der Waals surface area contributed by atoms with Crippen molar-refractivity contribution in [2.45, 2.75) is 39.7 Å². The van der Waals surface area contributed by atoms with Crippen LogP contribution in [0.25, 0.3) is 22.6 Å². The lowest BCUT2D eigenvalue weighted by molar-refractivity contribution is 0.281. The third-order valence-electron chi connectivity index (χ3n) is 5.02. The van der Waals surface area contributed by atoms with E-state index in [1.807, 2.05) is 30.5 Å². The van der Waals surface area contributed by atoms with Gasteiger partial charge < -0.3 is 9.30 Å². The van der Waals surface area contributed by atoms with Crippen molar-refractivity contribution in [3.8, 4) is 17.5 Å². The van der Waals surface area contributed by atoms with E-state index in [2.05, 4.69) is 24.9 Å². The molecule has 0 saturated heterocycles. The number of aromatic amines is 1. The van der Waals surface area contributed by atoms with Crippen LogP contribution >= 0.6 is 0 Å². The lowest BCUT2D eigenvalue weighted by Crippen LogP contribution is -2.29. The molecule has 154 valence electrons. The summed E-state index contributed by atoms with van der Waals surface area (Å²) in [7, 11) is 0. The van der Waals surface area contributed by atoms with E-state index in [-0.39, 0.29) is 5.69 Å². The highest BCUT2D eigenvalue weighted by Crippen LogP contribution is 2.24. The Bertz CT molecular complexity index is 1270. The minimum Gasteiger partial charge on any atom is -0.463 e. The highest BCUT2D eigenvalue weighted by atomic mass is 16.5. The molecule has 0 atom stereocenters. The number of hydrogen-bond acceptors (Lipinski definition) is 7. The highest BCUT2D eigenvalue weighted by molar-refractivity contribution is 5.81. The number of ether oxygens (including phenoxy) is 1. The van der Waals surface area contributed by atoms with Crippen LogP contribution in [0.5, 0.6) is 6.01 Å². The van der Waals surface area contributed by atoms with Gasteiger partial charge in [-0.2, -0.15) is 4.98 Å². The molecule has 3 heterocycles. The first-order valence-electron chi connectivity index (χ1n) is 9.84. The van der Waals surface area contributed by atoms with E-state index in [9.17, 15) is 9.59 Å². The molecule has 1 aromatic heterocycles. The van der Waals surface area contributed by atoms with Crippen molar-refractivity contribution < 1.29 is 4.74 Å². The summed E-state index contributed by atoms with van der Waals surface area (Å²) in [5, 5.41) is 0. The molecule has 0 aliphatic carbocycles. The van der Waals surface area contributed by atoms with E-state index < -0.39 is 11.2 Å². The van der Waals surface area contributed by atoms with E-state index in [4.69, 9.17) is 4.74 Å². The van der Waals surface area contributed by atoms with Gasteiger partial charge in [-0.3, -0.25) is 9.78 Å². The zero-order chi connectivity index (χ0) is 21.1. The van der Waals surface area contributed by atoms with Gasteiger partial charge in [-0.05, 0) is 62.4 Å². The number of fused-ring (bicyclic) bond motifs is 2. The summed E-state index contributed by atoms with van der Waals surface area (Å²) in [6.07, 6.45) is 5.83. The number of hydrogen-bond donors (Lipinski definition) is 1. The van der Waals surface area contributed by atoms with Crippen LogP contribution in [0.2, 0.25) is 0 Å². The molecule has 2 aliphatic heterocycles. The van der Waals surface area contributed by atoms with Crippen LogP contribution in [0.3, 0.4) is 0 Å². The Kier molecular flexibility index (Phi) is 5.51. The first-order chi connectivity index (χ1) is 14.5. The second-order valence-electron chi connectivity index (χ2n) is 7.17. The number of nitrogens with zero attached hydrogens (tertiary/aromatic N) is 5. The van der Waals surface area contributed by atoms with Crippen molar-refractivity contribution in [1.82, 2.24) is 29.5 Å². The maximum Gasteiger partial charge on any atom is 0.349 e. The largest absolute Gasteiger partial charge is 0.463 e. The molecule has 2 aromatic rings. The van der Waals surface area contributed by atoms with E-state index in [0.717, 1.165) is 35.9 Å². The van der Waals surface area contributed by atoms with Gasteiger partial charge in [-0.1, -0.05) is 0 Å². The SMILES string of the molecule is Cc1cc2nc3c(=O)[nH]c(=O)nc-3n(CCCCCOc3ncccn3)c2cc1C. The molecule has 0 bridgehead atoms. The molecule has 4 rings (SSSR count). The van der Waals surface area contributed by atoms with Gasteiger partial charge in [0.15, 0.2) is 11.5 Å². The monoisotopic (exact) mass is 406 g/mol. The number of aryl methyl sites for hydroxylation is 3.